The molecule has 82 valence electrons. The molecule has 2 rings (SSSR count). The van der Waals surface area contributed by atoms with Gasteiger partial charge in [0.1, 0.15) is 12.2 Å². The number of rotatable bonds is 0. The third-order valence-electron chi connectivity index (χ3n) is 3.48. The molecule has 5 atom stereocenters. The van der Waals surface area contributed by atoms with E-state index in [0.29, 0.717) is 12.8 Å². The van der Waals surface area contributed by atoms with E-state index in [1.165, 1.54) is 0 Å². The van der Waals surface area contributed by atoms with Gasteiger partial charge in [-0.25, -0.2) is 0 Å². The summed E-state index contributed by atoms with van der Waals surface area (Å²) in [6.07, 6.45) is -1.12. The van der Waals surface area contributed by atoms with Gasteiger partial charge in [0.2, 0.25) is 0 Å². The zero-order valence-corrected chi connectivity index (χ0v) is 8.82. The minimum Gasteiger partial charge on any atom is -0.390 e. The van der Waals surface area contributed by atoms with Crippen LogP contribution in [-0.4, -0.2) is 44.3 Å². The van der Waals surface area contributed by atoms with Gasteiger partial charge >= 0.3 is 0 Å². The standard InChI is InChI=1S/C10H18O4/c1-8(13)4-9(2)6(11)7(12)10(3,5-8)14-9/h6-7,11-13H,4-5H2,1-3H3/t6-,7+,8+,9+,10-. The normalized spacial score (nSPS) is 63.0. The molecule has 2 fully saturated rings. The fourth-order valence-corrected chi connectivity index (χ4v) is 3.18. The highest BCUT2D eigenvalue weighted by Gasteiger charge is 2.64. The molecule has 0 aromatic carbocycles. The van der Waals surface area contributed by atoms with Gasteiger partial charge in [-0.05, 0) is 20.8 Å². The van der Waals surface area contributed by atoms with Crippen LogP contribution in [0.25, 0.3) is 0 Å². The highest BCUT2D eigenvalue weighted by Crippen LogP contribution is 2.51. The number of aliphatic hydroxyl groups excluding tert-OH is 2. The molecule has 2 bridgehead atoms. The molecule has 4 nitrogen and oxygen atoms in total. The molecule has 2 saturated heterocycles. The summed E-state index contributed by atoms with van der Waals surface area (Å²) in [5.41, 5.74) is -2.52. The van der Waals surface area contributed by atoms with E-state index in [-0.39, 0.29) is 0 Å². The van der Waals surface area contributed by atoms with Crippen molar-refractivity contribution in [3.05, 3.63) is 0 Å². The lowest BCUT2D eigenvalue weighted by molar-refractivity contribution is -0.206. The predicted molar refractivity (Wildman–Crippen MR) is 49.8 cm³/mol. The van der Waals surface area contributed by atoms with Gasteiger partial charge in [-0.15, -0.1) is 0 Å². The molecule has 0 radical (unpaired) electrons. The lowest BCUT2D eigenvalue weighted by Gasteiger charge is -2.44. The minimum atomic E-state index is -0.915. The van der Waals surface area contributed by atoms with E-state index in [0.717, 1.165) is 0 Å². The lowest BCUT2D eigenvalue weighted by atomic mass is 9.82. The van der Waals surface area contributed by atoms with E-state index in [2.05, 4.69) is 0 Å². The number of hydrogen-bond acceptors (Lipinski definition) is 4. The van der Waals surface area contributed by atoms with Crippen LogP contribution in [0.5, 0.6) is 0 Å². The maximum atomic E-state index is 10.0. The summed E-state index contributed by atoms with van der Waals surface area (Å²) in [7, 11) is 0. The molecular weight excluding hydrogens is 184 g/mol. The minimum absolute atomic E-state index is 0.355. The summed E-state index contributed by atoms with van der Waals surface area (Å²) < 4.78 is 5.67. The van der Waals surface area contributed by atoms with Crippen LogP contribution in [0.3, 0.4) is 0 Å². The Morgan fingerprint density at radius 1 is 1.00 bits per heavy atom. The van der Waals surface area contributed by atoms with Crippen LogP contribution in [0.1, 0.15) is 33.6 Å². The summed E-state index contributed by atoms with van der Waals surface area (Å²) in [6, 6.07) is 0. The van der Waals surface area contributed by atoms with Crippen LogP contribution in [0.2, 0.25) is 0 Å². The monoisotopic (exact) mass is 202 g/mol. The summed E-state index contributed by atoms with van der Waals surface area (Å²) >= 11 is 0. The number of aliphatic hydroxyl groups is 3. The molecule has 2 aliphatic heterocycles. The zero-order chi connectivity index (χ0) is 10.8. The van der Waals surface area contributed by atoms with Crippen LogP contribution >= 0.6 is 0 Å². The third kappa shape index (κ3) is 1.21. The topological polar surface area (TPSA) is 69.9 Å². The summed E-state index contributed by atoms with van der Waals surface area (Å²) in [5.74, 6) is 0. The average Bonchev–Trinajstić information content (AvgIpc) is 2.06. The molecule has 0 unspecified atom stereocenters. The quantitative estimate of drug-likeness (QED) is 0.509. The predicted octanol–water partition coefficient (Wildman–Crippen LogP) is -0.199. The molecule has 3 N–H and O–H groups in total. The van der Waals surface area contributed by atoms with Gasteiger partial charge in [0.25, 0.3) is 0 Å². The maximum absolute atomic E-state index is 10.0. The fraction of sp³-hybridized carbons (Fsp3) is 1.00. The Balaban J connectivity index is 2.40. The number of ether oxygens (including phenoxy) is 1. The molecule has 2 heterocycles. The Labute approximate surface area is 83.5 Å². The number of hydrogen-bond donors (Lipinski definition) is 3. The zero-order valence-electron chi connectivity index (χ0n) is 8.82. The molecule has 0 spiro atoms. The van der Waals surface area contributed by atoms with Crippen LogP contribution in [-0.2, 0) is 4.74 Å². The van der Waals surface area contributed by atoms with Gasteiger partial charge in [-0.3, -0.25) is 0 Å². The second kappa shape index (κ2) is 2.50. The first-order chi connectivity index (χ1) is 6.19. The molecule has 0 aromatic heterocycles. The van der Waals surface area contributed by atoms with Crippen molar-refractivity contribution in [1.82, 2.24) is 0 Å². The third-order valence-corrected chi connectivity index (χ3v) is 3.48. The van der Waals surface area contributed by atoms with E-state index in [1.807, 2.05) is 0 Å². The first-order valence-corrected chi connectivity index (χ1v) is 4.97. The molecular formula is C10H18O4. The fourth-order valence-electron chi connectivity index (χ4n) is 3.18. The Morgan fingerprint density at radius 2 is 1.36 bits per heavy atom. The van der Waals surface area contributed by atoms with Crippen molar-refractivity contribution < 1.29 is 20.1 Å². The second-order valence-corrected chi connectivity index (χ2v) is 5.47. The second-order valence-electron chi connectivity index (χ2n) is 5.47. The summed E-state index contributed by atoms with van der Waals surface area (Å²) in [6.45, 7) is 5.19. The Morgan fingerprint density at radius 3 is 1.71 bits per heavy atom. The highest BCUT2D eigenvalue weighted by molar-refractivity contribution is 5.14. The van der Waals surface area contributed by atoms with E-state index in [4.69, 9.17) is 4.74 Å². The molecule has 4 heteroatoms. The van der Waals surface area contributed by atoms with Crippen molar-refractivity contribution in [3.63, 3.8) is 0 Å². The van der Waals surface area contributed by atoms with Crippen molar-refractivity contribution in [3.8, 4) is 0 Å². The average molecular weight is 202 g/mol. The van der Waals surface area contributed by atoms with Crippen molar-refractivity contribution in [2.45, 2.75) is 62.6 Å². The van der Waals surface area contributed by atoms with E-state index >= 15 is 0 Å². The molecule has 0 saturated carbocycles. The molecule has 2 aliphatic rings. The Kier molecular flexibility index (Phi) is 1.85. The van der Waals surface area contributed by atoms with E-state index in [1.54, 1.807) is 20.8 Å². The van der Waals surface area contributed by atoms with Crippen molar-refractivity contribution in [2.75, 3.05) is 0 Å². The smallest absolute Gasteiger partial charge is 0.111 e. The van der Waals surface area contributed by atoms with Crippen LogP contribution in [0, 0.1) is 0 Å². The number of fused-ring (bicyclic) bond motifs is 2. The van der Waals surface area contributed by atoms with Gasteiger partial charge in [0, 0.05) is 12.8 Å². The molecule has 0 aliphatic carbocycles. The van der Waals surface area contributed by atoms with Crippen molar-refractivity contribution >= 4 is 0 Å². The van der Waals surface area contributed by atoms with Gasteiger partial charge in [0.15, 0.2) is 0 Å². The van der Waals surface area contributed by atoms with Crippen LogP contribution in [0.15, 0.2) is 0 Å². The maximum Gasteiger partial charge on any atom is 0.111 e. The molecule has 14 heavy (non-hydrogen) atoms. The van der Waals surface area contributed by atoms with Crippen molar-refractivity contribution in [1.29, 1.82) is 0 Å². The van der Waals surface area contributed by atoms with Crippen molar-refractivity contribution in [2.24, 2.45) is 0 Å². The summed E-state index contributed by atoms with van der Waals surface area (Å²) in [5, 5.41) is 29.7. The van der Waals surface area contributed by atoms with Gasteiger partial charge in [0.05, 0.1) is 16.8 Å². The first kappa shape index (κ1) is 10.4. The van der Waals surface area contributed by atoms with E-state index in [9.17, 15) is 15.3 Å². The molecule has 0 aromatic rings. The SMILES string of the molecule is C[C@@]1(O)C[C@@]2(C)O[C@@](C)(C1)[C@H](O)[C@@H]2O. The van der Waals surface area contributed by atoms with Gasteiger partial charge < -0.3 is 20.1 Å². The Bertz CT molecular complexity index is 233. The molecule has 0 amide bonds. The van der Waals surface area contributed by atoms with Gasteiger partial charge in [-0.2, -0.15) is 0 Å². The first-order valence-electron chi connectivity index (χ1n) is 4.97. The van der Waals surface area contributed by atoms with Gasteiger partial charge in [-0.1, -0.05) is 0 Å². The summed E-state index contributed by atoms with van der Waals surface area (Å²) in [4.78, 5) is 0. The van der Waals surface area contributed by atoms with Crippen LogP contribution < -0.4 is 0 Å². The highest BCUT2D eigenvalue weighted by atomic mass is 16.6. The van der Waals surface area contributed by atoms with E-state index < -0.39 is 29.0 Å². The van der Waals surface area contributed by atoms with Crippen LogP contribution in [0.4, 0.5) is 0 Å². The Hall–Kier alpha value is -0.160. The largest absolute Gasteiger partial charge is 0.390 e. The lowest BCUT2D eigenvalue weighted by Crippen LogP contribution is -2.51.